The van der Waals surface area contributed by atoms with Gasteiger partial charge in [0, 0.05) is 16.3 Å². The van der Waals surface area contributed by atoms with Crippen LogP contribution >= 0.6 is 0 Å². The SMILES string of the molecule is CCNc1nn(C)[n+]([O-])c1[N+](=O)[O-]. The smallest absolute Gasteiger partial charge is 0.495 e. The minimum Gasteiger partial charge on any atom is -0.655 e. The third kappa shape index (κ3) is 1.50. The van der Waals surface area contributed by atoms with E-state index in [0.29, 0.717) is 6.54 Å². The highest BCUT2D eigenvalue weighted by atomic mass is 16.6. The number of anilines is 1. The second-order valence-corrected chi connectivity index (χ2v) is 2.32. The summed E-state index contributed by atoms with van der Waals surface area (Å²) in [5, 5.41) is 27.7. The lowest BCUT2D eigenvalue weighted by molar-refractivity contribution is -0.734. The molecule has 0 unspecified atom stereocenters. The van der Waals surface area contributed by atoms with Gasteiger partial charge in [-0.05, 0) is 6.92 Å². The van der Waals surface area contributed by atoms with Crippen molar-refractivity contribution < 1.29 is 9.77 Å². The summed E-state index contributed by atoms with van der Waals surface area (Å²) < 4.78 is 0. The largest absolute Gasteiger partial charge is 0.655 e. The zero-order chi connectivity index (χ0) is 10.0. The van der Waals surface area contributed by atoms with Gasteiger partial charge in [-0.3, -0.25) is 0 Å². The molecule has 0 radical (unpaired) electrons. The van der Waals surface area contributed by atoms with Crippen LogP contribution in [0.4, 0.5) is 11.6 Å². The molecule has 1 rings (SSSR count). The Morgan fingerprint density at radius 1 is 1.77 bits per heavy atom. The maximum Gasteiger partial charge on any atom is 0.495 e. The van der Waals surface area contributed by atoms with Gasteiger partial charge in [-0.2, -0.15) is 0 Å². The first-order valence-electron chi connectivity index (χ1n) is 3.63. The molecule has 0 aromatic carbocycles. The van der Waals surface area contributed by atoms with E-state index in [4.69, 9.17) is 0 Å². The van der Waals surface area contributed by atoms with E-state index in [-0.39, 0.29) is 10.7 Å². The Balaban J connectivity index is 3.18. The first-order chi connectivity index (χ1) is 6.07. The standard InChI is InChI=1S/C5H9N5O3/c1-3-6-4-5(10(12)13)9(11)8(2)7-4/h3H2,1-2H3,(H,6,7). The lowest BCUT2D eigenvalue weighted by Gasteiger charge is -1.95. The quantitative estimate of drug-likeness (QED) is 0.294. The molecule has 0 aliphatic carbocycles. The van der Waals surface area contributed by atoms with E-state index < -0.39 is 10.7 Å². The number of hydrogen-bond donors (Lipinski definition) is 1. The van der Waals surface area contributed by atoms with Gasteiger partial charge < -0.3 is 20.6 Å². The van der Waals surface area contributed by atoms with E-state index in [2.05, 4.69) is 10.4 Å². The number of nitrogens with one attached hydrogen (secondary N) is 1. The number of nitro groups is 1. The van der Waals surface area contributed by atoms with Crippen molar-refractivity contribution >= 4 is 11.6 Å². The molecule has 0 amide bonds. The van der Waals surface area contributed by atoms with Crippen molar-refractivity contribution in [2.45, 2.75) is 6.92 Å². The lowest BCUT2D eigenvalue weighted by Crippen LogP contribution is -2.38. The lowest BCUT2D eigenvalue weighted by atomic mass is 10.6. The number of nitrogens with zero attached hydrogens (tertiary/aromatic N) is 4. The van der Waals surface area contributed by atoms with E-state index in [9.17, 15) is 15.3 Å². The summed E-state index contributed by atoms with van der Waals surface area (Å²) in [6.45, 7) is 2.23. The highest BCUT2D eigenvalue weighted by Crippen LogP contribution is 2.14. The summed E-state index contributed by atoms with van der Waals surface area (Å²) in [4.78, 5) is 10.6. The van der Waals surface area contributed by atoms with E-state index >= 15 is 0 Å². The molecule has 8 heteroatoms. The van der Waals surface area contributed by atoms with Crippen molar-refractivity contribution in [2.24, 2.45) is 7.05 Å². The Bertz CT molecular complexity index is 333. The van der Waals surface area contributed by atoms with Gasteiger partial charge in [-0.25, -0.2) is 0 Å². The van der Waals surface area contributed by atoms with Crippen molar-refractivity contribution in [3.63, 3.8) is 0 Å². The van der Waals surface area contributed by atoms with Crippen LogP contribution < -0.4 is 10.2 Å². The van der Waals surface area contributed by atoms with Crippen molar-refractivity contribution in [3.8, 4) is 0 Å². The number of rotatable bonds is 3. The van der Waals surface area contributed by atoms with Crippen molar-refractivity contribution in [1.82, 2.24) is 9.90 Å². The normalized spacial score (nSPS) is 10.0. The fourth-order valence-electron chi connectivity index (χ4n) is 0.896. The molecule has 0 bridgehead atoms. The molecule has 0 spiro atoms. The summed E-state index contributed by atoms with van der Waals surface area (Å²) in [5.41, 5.74) is 0. The molecule has 1 aromatic heterocycles. The van der Waals surface area contributed by atoms with E-state index in [1.807, 2.05) is 0 Å². The summed E-state index contributed by atoms with van der Waals surface area (Å²) in [5.74, 6) is -0.589. The topological polar surface area (TPSA) is 99.9 Å². The average Bonchev–Trinajstić information content (AvgIpc) is 2.28. The Morgan fingerprint density at radius 3 is 2.85 bits per heavy atom. The molecule has 1 aromatic rings. The van der Waals surface area contributed by atoms with Crippen LogP contribution in [0.25, 0.3) is 0 Å². The van der Waals surface area contributed by atoms with Crippen molar-refractivity contribution in [1.29, 1.82) is 0 Å². The highest BCUT2D eigenvalue weighted by molar-refractivity contribution is 5.46. The molecule has 0 atom stereocenters. The molecular weight excluding hydrogens is 178 g/mol. The van der Waals surface area contributed by atoms with Gasteiger partial charge in [0.2, 0.25) is 0 Å². The van der Waals surface area contributed by atoms with Crippen LogP contribution in [0.1, 0.15) is 6.92 Å². The first kappa shape index (κ1) is 9.23. The van der Waals surface area contributed by atoms with Gasteiger partial charge in [0.1, 0.15) is 12.1 Å². The fourth-order valence-corrected chi connectivity index (χ4v) is 0.896. The summed E-state index contributed by atoms with van der Waals surface area (Å²) in [6, 6.07) is 0. The second kappa shape index (κ2) is 3.25. The van der Waals surface area contributed by atoms with Gasteiger partial charge in [-0.1, -0.05) is 4.85 Å². The van der Waals surface area contributed by atoms with Crippen LogP contribution in [0.15, 0.2) is 0 Å². The second-order valence-electron chi connectivity index (χ2n) is 2.32. The Kier molecular flexibility index (Phi) is 2.31. The number of aromatic nitrogens is 3. The fraction of sp³-hybridized carbons (Fsp3) is 0.600. The van der Waals surface area contributed by atoms with Crippen LogP contribution in [0.5, 0.6) is 0 Å². The van der Waals surface area contributed by atoms with Gasteiger partial charge >= 0.3 is 11.6 Å². The third-order valence-corrected chi connectivity index (χ3v) is 1.42. The van der Waals surface area contributed by atoms with Gasteiger partial charge in [0.15, 0.2) is 0 Å². The molecule has 8 nitrogen and oxygen atoms in total. The highest BCUT2D eigenvalue weighted by Gasteiger charge is 2.31. The average molecular weight is 187 g/mol. The van der Waals surface area contributed by atoms with Crippen LogP contribution in [-0.2, 0) is 7.05 Å². The van der Waals surface area contributed by atoms with E-state index in [1.165, 1.54) is 7.05 Å². The molecule has 1 N–H and O–H groups in total. The van der Waals surface area contributed by atoms with E-state index in [0.717, 1.165) is 4.80 Å². The van der Waals surface area contributed by atoms with Crippen LogP contribution in [0, 0.1) is 15.3 Å². The van der Waals surface area contributed by atoms with E-state index in [1.54, 1.807) is 6.92 Å². The zero-order valence-electron chi connectivity index (χ0n) is 7.22. The predicted molar refractivity (Wildman–Crippen MR) is 43.0 cm³/mol. The number of aryl methyl sites for hydroxylation is 1. The molecular formula is C5H9N5O3. The van der Waals surface area contributed by atoms with Crippen LogP contribution in [-0.4, -0.2) is 21.4 Å². The third-order valence-electron chi connectivity index (χ3n) is 1.42. The van der Waals surface area contributed by atoms with Crippen molar-refractivity contribution in [2.75, 3.05) is 11.9 Å². The maximum absolute atomic E-state index is 11.0. The molecule has 0 fully saturated rings. The predicted octanol–water partition coefficient (Wildman–Crippen LogP) is -0.606. The molecule has 72 valence electrons. The van der Waals surface area contributed by atoms with Crippen LogP contribution in [0.3, 0.4) is 0 Å². The zero-order valence-corrected chi connectivity index (χ0v) is 7.22. The molecule has 1 heterocycles. The Labute approximate surface area is 73.5 Å². The molecule has 13 heavy (non-hydrogen) atoms. The molecule has 0 saturated heterocycles. The molecule has 0 aliphatic rings. The Hall–Kier alpha value is -1.86. The van der Waals surface area contributed by atoms with Gasteiger partial charge in [0.05, 0.1) is 0 Å². The Morgan fingerprint density at radius 2 is 2.38 bits per heavy atom. The minimum absolute atomic E-state index is 0.00926. The van der Waals surface area contributed by atoms with Gasteiger partial charge in [0.25, 0.3) is 0 Å². The summed E-state index contributed by atoms with van der Waals surface area (Å²) >= 11 is 0. The van der Waals surface area contributed by atoms with Crippen molar-refractivity contribution in [3.05, 3.63) is 15.3 Å². The maximum atomic E-state index is 11.0. The summed E-state index contributed by atoms with van der Waals surface area (Å²) in [7, 11) is 1.33. The molecule has 0 saturated carbocycles. The minimum atomic E-state index is -0.766. The van der Waals surface area contributed by atoms with Crippen LogP contribution in [0.2, 0.25) is 0 Å². The van der Waals surface area contributed by atoms with Gasteiger partial charge in [-0.15, -0.1) is 0 Å². The monoisotopic (exact) mass is 187 g/mol. The number of hydrogen-bond acceptors (Lipinski definition) is 5. The molecule has 0 aliphatic heterocycles. The summed E-state index contributed by atoms with van der Waals surface area (Å²) in [6.07, 6.45) is 0. The first-order valence-corrected chi connectivity index (χ1v) is 3.63.